The molecule has 0 aliphatic rings. The molecule has 3 heteroatoms. The third kappa shape index (κ3) is 3.17. The van der Waals surface area contributed by atoms with Crippen molar-refractivity contribution in [3.63, 3.8) is 0 Å². The van der Waals surface area contributed by atoms with Crippen molar-refractivity contribution >= 4 is 21.8 Å². The molecular formula is C14H13BrN2. The van der Waals surface area contributed by atoms with Crippen molar-refractivity contribution in [2.75, 3.05) is 0 Å². The third-order valence-electron chi connectivity index (χ3n) is 2.45. The Morgan fingerprint density at radius 1 is 1.00 bits per heavy atom. The van der Waals surface area contributed by atoms with E-state index in [1.54, 1.807) is 0 Å². The maximum atomic E-state index is 5.93. The molecule has 2 aromatic carbocycles. The van der Waals surface area contributed by atoms with Crippen molar-refractivity contribution in [1.82, 2.24) is 0 Å². The van der Waals surface area contributed by atoms with Gasteiger partial charge >= 0.3 is 0 Å². The SMILES string of the molecule is NC(=NCc1ccccc1Br)c1ccccc1. The van der Waals surface area contributed by atoms with E-state index in [4.69, 9.17) is 5.73 Å². The van der Waals surface area contributed by atoms with Crippen LogP contribution in [0.15, 0.2) is 64.1 Å². The van der Waals surface area contributed by atoms with Crippen molar-refractivity contribution < 1.29 is 0 Å². The Balaban J connectivity index is 2.14. The molecule has 0 aliphatic carbocycles. The quantitative estimate of drug-likeness (QED) is 0.683. The van der Waals surface area contributed by atoms with E-state index in [1.807, 2.05) is 54.6 Å². The van der Waals surface area contributed by atoms with Crippen LogP contribution < -0.4 is 5.73 Å². The first kappa shape index (κ1) is 11.9. The number of hydrogen-bond acceptors (Lipinski definition) is 1. The van der Waals surface area contributed by atoms with Gasteiger partial charge in [-0.05, 0) is 11.6 Å². The Morgan fingerprint density at radius 2 is 1.65 bits per heavy atom. The van der Waals surface area contributed by atoms with E-state index in [0.29, 0.717) is 12.4 Å². The van der Waals surface area contributed by atoms with Gasteiger partial charge in [0.05, 0.1) is 6.54 Å². The highest BCUT2D eigenvalue weighted by Gasteiger charge is 1.99. The van der Waals surface area contributed by atoms with Crippen LogP contribution in [-0.2, 0) is 6.54 Å². The highest BCUT2D eigenvalue weighted by molar-refractivity contribution is 9.10. The molecule has 0 fully saturated rings. The van der Waals surface area contributed by atoms with Gasteiger partial charge in [0.1, 0.15) is 5.84 Å². The second-order valence-electron chi connectivity index (χ2n) is 3.66. The molecule has 0 saturated carbocycles. The van der Waals surface area contributed by atoms with Crippen LogP contribution in [0.1, 0.15) is 11.1 Å². The minimum atomic E-state index is 0.571. The van der Waals surface area contributed by atoms with Crippen LogP contribution in [0.3, 0.4) is 0 Å². The van der Waals surface area contributed by atoms with E-state index >= 15 is 0 Å². The second-order valence-corrected chi connectivity index (χ2v) is 4.51. The predicted octanol–water partition coefficient (Wildman–Crippen LogP) is 3.35. The monoisotopic (exact) mass is 288 g/mol. The molecule has 0 saturated heterocycles. The zero-order valence-electron chi connectivity index (χ0n) is 9.31. The predicted molar refractivity (Wildman–Crippen MR) is 75.0 cm³/mol. The van der Waals surface area contributed by atoms with Gasteiger partial charge in [-0.25, -0.2) is 0 Å². The summed E-state index contributed by atoms with van der Waals surface area (Å²) in [5.41, 5.74) is 8.02. The molecule has 0 aliphatic heterocycles. The summed E-state index contributed by atoms with van der Waals surface area (Å²) >= 11 is 3.49. The molecule has 2 aromatic rings. The summed E-state index contributed by atoms with van der Waals surface area (Å²) in [6.07, 6.45) is 0. The van der Waals surface area contributed by atoms with Crippen LogP contribution in [0.5, 0.6) is 0 Å². The van der Waals surface area contributed by atoms with Gasteiger partial charge in [-0.1, -0.05) is 64.5 Å². The summed E-state index contributed by atoms with van der Waals surface area (Å²) < 4.78 is 1.06. The van der Waals surface area contributed by atoms with Gasteiger partial charge in [-0.3, -0.25) is 4.99 Å². The number of hydrogen-bond donors (Lipinski definition) is 1. The fourth-order valence-corrected chi connectivity index (χ4v) is 1.91. The molecule has 0 aromatic heterocycles. The molecule has 0 heterocycles. The lowest BCUT2D eigenvalue weighted by Crippen LogP contribution is -2.13. The van der Waals surface area contributed by atoms with E-state index < -0.39 is 0 Å². The maximum absolute atomic E-state index is 5.93. The van der Waals surface area contributed by atoms with Crippen LogP contribution >= 0.6 is 15.9 Å². The van der Waals surface area contributed by atoms with E-state index in [2.05, 4.69) is 20.9 Å². The van der Waals surface area contributed by atoms with Crippen molar-refractivity contribution in [3.8, 4) is 0 Å². The number of amidine groups is 1. The van der Waals surface area contributed by atoms with Gasteiger partial charge in [-0.15, -0.1) is 0 Å². The van der Waals surface area contributed by atoms with Gasteiger partial charge in [0.2, 0.25) is 0 Å². The van der Waals surface area contributed by atoms with Gasteiger partial charge in [-0.2, -0.15) is 0 Å². The van der Waals surface area contributed by atoms with Gasteiger partial charge in [0.15, 0.2) is 0 Å². The van der Waals surface area contributed by atoms with Crippen LogP contribution in [0, 0.1) is 0 Å². The summed E-state index contributed by atoms with van der Waals surface area (Å²) in [7, 11) is 0. The molecule has 2 N–H and O–H groups in total. The lowest BCUT2D eigenvalue weighted by Gasteiger charge is -2.03. The Bertz CT molecular complexity index is 521. The molecule has 0 bridgehead atoms. The topological polar surface area (TPSA) is 38.4 Å². The fourth-order valence-electron chi connectivity index (χ4n) is 1.50. The molecule has 0 unspecified atom stereocenters. The van der Waals surface area contributed by atoms with Gasteiger partial charge < -0.3 is 5.73 Å². The number of halogens is 1. The van der Waals surface area contributed by atoms with Crippen LogP contribution in [0.25, 0.3) is 0 Å². The number of nitrogens with zero attached hydrogens (tertiary/aromatic N) is 1. The lowest BCUT2D eigenvalue weighted by atomic mass is 10.2. The summed E-state index contributed by atoms with van der Waals surface area (Å²) in [4.78, 5) is 4.39. The molecule has 17 heavy (non-hydrogen) atoms. The average Bonchev–Trinajstić information content (AvgIpc) is 2.38. The Labute approximate surface area is 109 Å². The number of nitrogens with two attached hydrogens (primary N) is 1. The minimum absolute atomic E-state index is 0.571. The summed E-state index contributed by atoms with van der Waals surface area (Å²) in [5, 5.41) is 0. The first-order valence-corrected chi connectivity index (χ1v) is 6.15. The molecule has 0 radical (unpaired) electrons. The normalized spacial score (nSPS) is 11.5. The molecule has 2 rings (SSSR count). The maximum Gasteiger partial charge on any atom is 0.125 e. The van der Waals surface area contributed by atoms with E-state index in [1.165, 1.54) is 0 Å². The molecule has 0 amide bonds. The molecule has 0 spiro atoms. The number of benzene rings is 2. The van der Waals surface area contributed by atoms with E-state index in [-0.39, 0.29) is 0 Å². The number of aliphatic imine (C=N–C) groups is 1. The van der Waals surface area contributed by atoms with Gasteiger partial charge in [0, 0.05) is 10.0 Å². The zero-order chi connectivity index (χ0) is 12.1. The summed E-state index contributed by atoms with van der Waals surface area (Å²) in [6.45, 7) is 0.585. The Kier molecular flexibility index (Phi) is 3.94. The van der Waals surface area contributed by atoms with Crippen molar-refractivity contribution in [1.29, 1.82) is 0 Å². The zero-order valence-corrected chi connectivity index (χ0v) is 10.9. The number of rotatable bonds is 3. The van der Waals surface area contributed by atoms with Crippen molar-refractivity contribution in [2.45, 2.75) is 6.54 Å². The van der Waals surface area contributed by atoms with E-state index in [0.717, 1.165) is 15.6 Å². The second kappa shape index (κ2) is 5.64. The first-order chi connectivity index (χ1) is 8.27. The van der Waals surface area contributed by atoms with Gasteiger partial charge in [0.25, 0.3) is 0 Å². The minimum Gasteiger partial charge on any atom is -0.383 e. The highest BCUT2D eigenvalue weighted by Crippen LogP contribution is 2.16. The Hall–Kier alpha value is -1.61. The van der Waals surface area contributed by atoms with Crippen molar-refractivity contribution in [2.24, 2.45) is 10.7 Å². The van der Waals surface area contributed by atoms with Crippen molar-refractivity contribution in [3.05, 3.63) is 70.2 Å². The Morgan fingerprint density at radius 3 is 2.35 bits per heavy atom. The molecule has 2 nitrogen and oxygen atoms in total. The largest absolute Gasteiger partial charge is 0.383 e. The van der Waals surface area contributed by atoms with E-state index in [9.17, 15) is 0 Å². The fraction of sp³-hybridized carbons (Fsp3) is 0.0714. The summed E-state index contributed by atoms with van der Waals surface area (Å²) in [5.74, 6) is 0.571. The van der Waals surface area contributed by atoms with Crippen LogP contribution in [0.4, 0.5) is 0 Å². The van der Waals surface area contributed by atoms with Crippen LogP contribution in [0.2, 0.25) is 0 Å². The highest BCUT2D eigenvalue weighted by atomic mass is 79.9. The average molecular weight is 289 g/mol. The molecular weight excluding hydrogens is 276 g/mol. The first-order valence-electron chi connectivity index (χ1n) is 5.36. The smallest absolute Gasteiger partial charge is 0.125 e. The lowest BCUT2D eigenvalue weighted by molar-refractivity contribution is 1.05. The summed E-state index contributed by atoms with van der Waals surface area (Å²) in [6, 6.07) is 17.8. The molecule has 86 valence electrons. The molecule has 0 atom stereocenters. The van der Waals surface area contributed by atoms with Crippen LogP contribution in [-0.4, -0.2) is 5.84 Å². The standard InChI is InChI=1S/C14H13BrN2/c15-13-9-5-4-8-12(13)10-17-14(16)11-6-2-1-3-7-11/h1-9H,10H2,(H2,16,17). The third-order valence-corrected chi connectivity index (χ3v) is 3.22.